The highest BCUT2D eigenvalue weighted by atomic mass is 16.4. The molecule has 0 spiro atoms. The fourth-order valence-electron chi connectivity index (χ4n) is 2.39. The predicted molar refractivity (Wildman–Crippen MR) is 91.4 cm³/mol. The van der Waals surface area contributed by atoms with Gasteiger partial charge in [0.2, 0.25) is 0 Å². The summed E-state index contributed by atoms with van der Waals surface area (Å²) in [5, 5.41) is 11.7. The van der Waals surface area contributed by atoms with Crippen LogP contribution in [0.25, 0.3) is 0 Å². The van der Waals surface area contributed by atoms with Crippen molar-refractivity contribution in [3.63, 3.8) is 0 Å². The van der Waals surface area contributed by atoms with E-state index in [9.17, 15) is 9.59 Å². The number of carboxylic acids is 1. The summed E-state index contributed by atoms with van der Waals surface area (Å²) in [6, 6.07) is 6.93. The summed E-state index contributed by atoms with van der Waals surface area (Å²) < 4.78 is 0. The summed E-state index contributed by atoms with van der Waals surface area (Å²) in [6.07, 6.45) is 0. The van der Waals surface area contributed by atoms with Gasteiger partial charge in [-0.15, -0.1) is 0 Å². The second kappa shape index (κ2) is 8.67. The van der Waals surface area contributed by atoms with Crippen molar-refractivity contribution in [1.82, 2.24) is 10.2 Å². The van der Waals surface area contributed by atoms with Crippen LogP contribution in [0.1, 0.15) is 50.5 Å². The summed E-state index contributed by atoms with van der Waals surface area (Å²) in [5.41, 5.74) is 1.61. The number of hydrogen-bond acceptors (Lipinski definition) is 3. The molecule has 0 unspecified atom stereocenters. The van der Waals surface area contributed by atoms with Crippen LogP contribution in [-0.4, -0.2) is 40.5 Å². The molecule has 0 aliphatic rings. The van der Waals surface area contributed by atoms with Crippen LogP contribution < -0.4 is 5.32 Å². The average Bonchev–Trinajstić information content (AvgIpc) is 2.49. The van der Waals surface area contributed by atoms with Crippen molar-refractivity contribution in [1.29, 1.82) is 0 Å². The molecule has 0 saturated carbocycles. The molecule has 0 aliphatic carbocycles. The molecule has 1 aromatic rings. The van der Waals surface area contributed by atoms with Crippen LogP contribution in [0, 0.1) is 5.92 Å². The van der Waals surface area contributed by atoms with Gasteiger partial charge < -0.3 is 10.4 Å². The number of nitrogens with zero attached hydrogens (tertiary/aromatic N) is 1. The molecule has 0 aromatic heterocycles. The van der Waals surface area contributed by atoms with Crippen LogP contribution in [0.3, 0.4) is 0 Å². The maximum atomic E-state index is 12.2. The van der Waals surface area contributed by atoms with Gasteiger partial charge in [0.15, 0.2) is 0 Å². The lowest BCUT2D eigenvalue weighted by molar-refractivity contribution is -0.140. The molecule has 0 aliphatic heterocycles. The first-order chi connectivity index (χ1) is 10.8. The fraction of sp³-hybridized carbons (Fsp3) is 0.556. The quantitative estimate of drug-likeness (QED) is 0.773. The van der Waals surface area contributed by atoms with E-state index in [1.165, 1.54) is 0 Å². The standard InChI is InChI=1S/C18H28N2O3/c1-6-20(13(4)5)11-14-7-9-15(10-8-14)17(21)19-16(12(2)3)18(22)23/h7-10,12-13,16H,6,11H2,1-5H3,(H,19,21)(H,22,23)/t16-/m0/s1. The van der Waals surface area contributed by atoms with E-state index in [1.54, 1.807) is 26.0 Å². The first kappa shape index (κ1) is 19.2. The van der Waals surface area contributed by atoms with Gasteiger partial charge in [0, 0.05) is 18.2 Å². The maximum Gasteiger partial charge on any atom is 0.326 e. The minimum atomic E-state index is -1.01. The molecular formula is C18H28N2O3. The normalized spacial score (nSPS) is 12.7. The number of benzene rings is 1. The lowest BCUT2D eigenvalue weighted by atomic mass is 10.0. The van der Waals surface area contributed by atoms with E-state index in [1.807, 2.05) is 12.1 Å². The van der Waals surface area contributed by atoms with Crippen molar-refractivity contribution in [2.24, 2.45) is 5.92 Å². The van der Waals surface area contributed by atoms with Crippen LogP contribution >= 0.6 is 0 Å². The number of aliphatic carboxylic acids is 1. The molecule has 0 fully saturated rings. The highest BCUT2D eigenvalue weighted by Crippen LogP contribution is 2.11. The topological polar surface area (TPSA) is 69.6 Å². The SMILES string of the molecule is CCN(Cc1ccc(C(=O)N[C@H](C(=O)O)C(C)C)cc1)C(C)C. The number of amides is 1. The number of carboxylic acid groups (broad SMARTS) is 1. The van der Waals surface area contributed by atoms with Crippen molar-refractivity contribution < 1.29 is 14.7 Å². The Morgan fingerprint density at radius 1 is 1.13 bits per heavy atom. The minimum Gasteiger partial charge on any atom is -0.480 e. The van der Waals surface area contributed by atoms with Crippen LogP contribution in [0.5, 0.6) is 0 Å². The molecule has 5 nitrogen and oxygen atoms in total. The zero-order valence-electron chi connectivity index (χ0n) is 14.7. The first-order valence-electron chi connectivity index (χ1n) is 8.12. The summed E-state index contributed by atoms with van der Waals surface area (Å²) in [5.74, 6) is -1.53. The Kier molecular flexibility index (Phi) is 7.23. The van der Waals surface area contributed by atoms with E-state index >= 15 is 0 Å². The van der Waals surface area contributed by atoms with E-state index in [0.717, 1.165) is 18.7 Å². The molecule has 1 amide bonds. The molecule has 5 heteroatoms. The molecule has 0 saturated heterocycles. The van der Waals surface area contributed by atoms with Gasteiger partial charge in [0.05, 0.1) is 0 Å². The summed E-state index contributed by atoms with van der Waals surface area (Å²) in [4.78, 5) is 25.7. The Hall–Kier alpha value is -1.88. The molecular weight excluding hydrogens is 292 g/mol. The molecule has 0 bridgehead atoms. The second-order valence-electron chi connectivity index (χ2n) is 6.39. The fourth-order valence-corrected chi connectivity index (χ4v) is 2.39. The molecule has 2 N–H and O–H groups in total. The van der Waals surface area contributed by atoms with Gasteiger partial charge in [-0.05, 0) is 44.0 Å². The lowest BCUT2D eigenvalue weighted by Gasteiger charge is -2.24. The summed E-state index contributed by atoms with van der Waals surface area (Å²) in [7, 11) is 0. The number of nitrogens with one attached hydrogen (secondary N) is 1. The monoisotopic (exact) mass is 320 g/mol. The number of carbonyl (C=O) groups excluding carboxylic acids is 1. The maximum absolute atomic E-state index is 12.2. The van der Waals surface area contributed by atoms with E-state index < -0.39 is 12.0 Å². The van der Waals surface area contributed by atoms with Crippen LogP contribution in [0.2, 0.25) is 0 Å². The van der Waals surface area contributed by atoms with Crippen molar-refractivity contribution in [3.8, 4) is 0 Å². The highest BCUT2D eigenvalue weighted by molar-refractivity contribution is 5.96. The predicted octanol–water partition coefficient (Wildman–Crippen LogP) is 2.76. The average molecular weight is 320 g/mol. The van der Waals surface area contributed by atoms with Gasteiger partial charge >= 0.3 is 5.97 Å². The van der Waals surface area contributed by atoms with E-state index in [4.69, 9.17) is 5.11 Å². The van der Waals surface area contributed by atoms with Crippen molar-refractivity contribution >= 4 is 11.9 Å². The van der Waals surface area contributed by atoms with Gasteiger partial charge in [-0.2, -0.15) is 0 Å². The molecule has 23 heavy (non-hydrogen) atoms. The van der Waals surface area contributed by atoms with Gasteiger partial charge in [-0.3, -0.25) is 9.69 Å². The molecule has 128 valence electrons. The zero-order valence-corrected chi connectivity index (χ0v) is 14.7. The lowest BCUT2D eigenvalue weighted by Crippen LogP contribution is -2.44. The van der Waals surface area contributed by atoms with Crippen LogP contribution in [0.4, 0.5) is 0 Å². The van der Waals surface area contributed by atoms with Crippen molar-refractivity contribution in [2.75, 3.05) is 6.54 Å². The Morgan fingerprint density at radius 2 is 1.70 bits per heavy atom. The highest BCUT2D eigenvalue weighted by Gasteiger charge is 2.23. The number of carbonyl (C=O) groups is 2. The van der Waals surface area contributed by atoms with Crippen LogP contribution in [-0.2, 0) is 11.3 Å². The van der Waals surface area contributed by atoms with E-state index in [0.29, 0.717) is 11.6 Å². The third-order valence-corrected chi connectivity index (χ3v) is 3.96. The Labute approximate surface area is 138 Å². The van der Waals surface area contributed by atoms with Gasteiger partial charge in [-0.25, -0.2) is 4.79 Å². The number of hydrogen-bond donors (Lipinski definition) is 2. The van der Waals surface area contributed by atoms with Crippen LogP contribution in [0.15, 0.2) is 24.3 Å². The smallest absolute Gasteiger partial charge is 0.326 e. The third-order valence-electron chi connectivity index (χ3n) is 3.96. The Bertz CT molecular complexity index is 524. The third kappa shape index (κ3) is 5.67. The molecule has 0 heterocycles. The minimum absolute atomic E-state index is 0.167. The zero-order chi connectivity index (χ0) is 17.6. The Morgan fingerprint density at radius 3 is 2.09 bits per heavy atom. The van der Waals surface area contributed by atoms with E-state index in [2.05, 4.69) is 31.0 Å². The first-order valence-corrected chi connectivity index (χ1v) is 8.12. The summed E-state index contributed by atoms with van der Waals surface area (Å²) in [6.45, 7) is 11.8. The summed E-state index contributed by atoms with van der Waals surface area (Å²) >= 11 is 0. The molecule has 1 atom stereocenters. The van der Waals surface area contributed by atoms with Gasteiger partial charge in [-0.1, -0.05) is 32.9 Å². The number of rotatable bonds is 8. The van der Waals surface area contributed by atoms with Crippen molar-refractivity contribution in [3.05, 3.63) is 35.4 Å². The molecule has 0 radical (unpaired) electrons. The largest absolute Gasteiger partial charge is 0.480 e. The molecule has 1 aromatic carbocycles. The van der Waals surface area contributed by atoms with Gasteiger partial charge in [0.25, 0.3) is 5.91 Å². The van der Waals surface area contributed by atoms with Crippen molar-refractivity contribution in [2.45, 2.75) is 53.2 Å². The Balaban J connectivity index is 2.76. The van der Waals surface area contributed by atoms with E-state index in [-0.39, 0.29) is 11.8 Å². The second-order valence-corrected chi connectivity index (χ2v) is 6.39. The molecule has 1 rings (SSSR count). The van der Waals surface area contributed by atoms with Gasteiger partial charge in [0.1, 0.15) is 6.04 Å².